The van der Waals surface area contributed by atoms with Crippen LogP contribution in [0, 0.1) is 5.92 Å². The molecule has 1 heterocycles. The highest BCUT2D eigenvalue weighted by atomic mass is 16.6. The Kier molecular flexibility index (Phi) is 6.17. The lowest BCUT2D eigenvalue weighted by Crippen LogP contribution is -2.35. The average molecular weight is 476 g/mol. The second-order valence-corrected chi connectivity index (χ2v) is 8.75. The summed E-state index contributed by atoms with van der Waals surface area (Å²) in [5.41, 5.74) is 4.19. The van der Waals surface area contributed by atoms with E-state index in [2.05, 4.69) is 15.6 Å². The fraction of sp³-hybridized carbons (Fsp3) is 0.320. The maximum atomic E-state index is 13.0. The fourth-order valence-electron chi connectivity index (χ4n) is 4.41. The summed E-state index contributed by atoms with van der Waals surface area (Å²) in [5.74, 6) is -1.49. The van der Waals surface area contributed by atoms with E-state index in [0.717, 1.165) is 35.1 Å². The monoisotopic (exact) mass is 476 g/mol. The van der Waals surface area contributed by atoms with Crippen LogP contribution in [0.4, 0.5) is 10.6 Å². The molecule has 2 aliphatic carbocycles. The van der Waals surface area contributed by atoms with Crippen molar-refractivity contribution < 1.29 is 28.9 Å². The minimum atomic E-state index is -1.01. The molecular weight excluding hydrogens is 452 g/mol. The van der Waals surface area contributed by atoms with Crippen molar-refractivity contribution in [3.05, 3.63) is 65.4 Å². The molecule has 1 saturated carbocycles. The number of aliphatic carboxylic acids is 1. The predicted octanol–water partition coefficient (Wildman–Crippen LogP) is 3.76. The number of rotatable bonds is 9. The molecule has 10 nitrogen and oxygen atoms in total. The number of hydrogen-bond donors (Lipinski definition) is 2. The van der Waals surface area contributed by atoms with Crippen LogP contribution >= 0.6 is 0 Å². The number of nitrogens with one attached hydrogen (secondary N) is 1. The second-order valence-electron chi connectivity index (χ2n) is 8.75. The van der Waals surface area contributed by atoms with Gasteiger partial charge in [-0.2, -0.15) is 0 Å². The molecule has 0 aliphatic heterocycles. The van der Waals surface area contributed by atoms with Crippen LogP contribution in [-0.4, -0.2) is 58.0 Å². The van der Waals surface area contributed by atoms with Crippen LogP contribution in [0.3, 0.4) is 0 Å². The summed E-state index contributed by atoms with van der Waals surface area (Å²) in [6, 6.07) is 16.0. The Bertz CT molecular complexity index is 1220. The van der Waals surface area contributed by atoms with Gasteiger partial charge in [0.2, 0.25) is 11.5 Å². The van der Waals surface area contributed by atoms with Crippen molar-refractivity contribution in [1.29, 1.82) is 0 Å². The molecule has 0 saturated heterocycles. The molecule has 2 N–H and O–H groups in total. The zero-order chi connectivity index (χ0) is 24.4. The van der Waals surface area contributed by atoms with E-state index in [9.17, 15) is 14.4 Å². The van der Waals surface area contributed by atoms with E-state index in [4.69, 9.17) is 14.5 Å². The van der Waals surface area contributed by atoms with Crippen LogP contribution in [-0.2, 0) is 9.53 Å². The number of aromatic nitrogens is 2. The van der Waals surface area contributed by atoms with Crippen LogP contribution in [0.25, 0.3) is 11.1 Å². The molecule has 0 spiro atoms. The smallest absolute Gasteiger partial charge is 0.412 e. The summed E-state index contributed by atoms with van der Waals surface area (Å²) in [6.45, 7) is 0.548. The molecule has 3 aromatic rings. The van der Waals surface area contributed by atoms with E-state index in [1.165, 1.54) is 4.90 Å². The van der Waals surface area contributed by atoms with Gasteiger partial charge in [-0.05, 0) is 51.3 Å². The van der Waals surface area contributed by atoms with Crippen LogP contribution < -0.4 is 5.32 Å². The van der Waals surface area contributed by atoms with Crippen molar-refractivity contribution in [2.75, 3.05) is 25.0 Å². The number of amides is 2. The topological polar surface area (TPSA) is 135 Å². The molecule has 0 radical (unpaired) electrons. The van der Waals surface area contributed by atoms with Crippen molar-refractivity contribution in [2.45, 2.75) is 25.2 Å². The Morgan fingerprint density at radius 2 is 1.69 bits per heavy atom. The van der Waals surface area contributed by atoms with Crippen molar-refractivity contribution >= 4 is 23.8 Å². The summed E-state index contributed by atoms with van der Waals surface area (Å²) >= 11 is 0. The summed E-state index contributed by atoms with van der Waals surface area (Å²) in [4.78, 5) is 38.0. The molecule has 35 heavy (non-hydrogen) atoms. The lowest BCUT2D eigenvalue weighted by Gasteiger charge is -2.20. The van der Waals surface area contributed by atoms with Gasteiger partial charge in [-0.3, -0.25) is 14.9 Å². The molecular formula is C25H24N4O6. The molecule has 2 aliphatic rings. The van der Waals surface area contributed by atoms with Crippen LogP contribution in [0.15, 0.2) is 53.2 Å². The van der Waals surface area contributed by atoms with Gasteiger partial charge in [0.1, 0.15) is 6.61 Å². The van der Waals surface area contributed by atoms with E-state index in [1.807, 2.05) is 48.5 Å². The first kappa shape index (κ1) is 22.6. The maximum Gasteiger partial charge on any atom is 0.412 e. The summed E-state index contributed by atoms with van der Waals surface area (Å²) < 4.78 is 10.2. The highest BCUT2D eigenvalue weighted by molar-refractivity contribution is 5.99. The first-order valence-corrected chi connectivity index (χ1v) is 11.5. The molecule has 5 rings (SSSR count). The van der Waals surface area contributed by atoms with Crippen LogP contribution in [0.2, 0.25) is 0 Å². The van der Waals surface area contributed by atoms with E-state index >= 15 is 0 Å². The van der Waals surface area contributed by atoms with Gasteiger partial charge < -0.3 is 14.7 Å². The third-order valence-electron chi connectivity index (χ3n) is 6.31. The van der Waals surface area contributed by atoms with Crippen molar-refractivity contribution in [1.82, 2.24) is 15.2 Å². The van der Waals surface area contributed by atoms with Crippen molar-refractivity contribution in [3.63, 3.8) is 0 Å². The van der Waals surface area contributed by atoms with Gasteiger partial charge >= 0.3 is 12.1 Å². The number of hydrogen-bond acceptors (Lipinski definition) is 7. The normalized spacial score (nSPS) is 14.2. The van der Waals surface area contributed by atoms with Gasteiger partial charge in [0.15, 0.2) is 0 Å². The standard InChI is InChI=1S/C25H24N4O6/c30-21(31)11-12-29(13-15-9-10-15)24(32)22-23(28-35-27-22)26-25(33)34-14-20-18-7-3-1-5-16(18)17-6-2-4-8-19(17)20/h1-8,15,20H,9-14H2,(H,30,31)(H,26,28,33). The van der Waals surface area contributed by atoms with Gasteiger partial charge in [0, 0.05) is 19.0 Å². The minimum Gasteiger partial charge on any atom is -0.481 e. The first-order chi connectivity index (χ1) is 17.0. The quantitative estimate of drug-likeness (QED) is 0.477. The van der Waals surface area contributed by atoms with E-state index in [1.54, 1.807) is 0 Å². The largest absolute Gasteiger partial charge is 0.481 e. The van der Waals surface area contributed by atoms with Gasteiger partial charge in [-0.25, -0.2) is 9.42 Å². The number of anilines is 1. The number of fused-ring (bicyclic) bond motifs is 3. The Balaban J connectivity index is 1.25. The molecule has 2 aromatic carbocycles. The van der Waals surface area contributed by atoms with Crippen molar-refractivity contribution in [3.8, 4) is 11.1 Å². The van der Waals surface area contributed by atoms with Gasteiger partial charge in [-0.15, -0.1) is 0 Å². The predicted molar refractivity (Wildman–Crippen MR) is 124 cm³/mol. The molecule has 10 heteroatoms. The number of carboxylic acid groups (broad SMARTS) is 1. The fourth-order valence-corrected chi connectivity index (χ4v) is 4.41. The number of ether oxygens (including phenoxy) is 1. The third-order valence-corrected chi connectivity index (χ3v) is 6.31. The summed E-state index contributed by atoms with van der Waals surface area (Å²) in [7, 11) is 0. The molecule has 0 atom stereocenters. The number of carbonyl (C=O) groups is 3. The molecule has 0 bridgehead atoms. The van der Waals surface area contributed by atoms with E-state index in [-0.39, 0.29) is 37.0 Å². The molecule has 2 amide bonds. The number of benzene rings is 2. The SMILES string of the molecule is O=C(O)CCN(CC1CC1)C(=O)c1nonc1NC(=O)OCC1c2ccccc2-c2ccccc21. The van der Waals surface area contributed by atoms with Gasteiger partial charge in [0.25, 0.3) is 5.91 Å². The van der Waals surface area contributed by atoms with Gasteiger partial charge in [0.05, 0.1) is 6.42 Å². The number of nitrogens with zero attached hydrogens (tertiary/aromatic N) is 3. The number of carbonyl (C=O) groups excluding carboxylic acids is 2. The zero-order valence-electron chi connectivity index (χ0n) is 18.8. The zero-order valence-corrected chi connectivity index (χ0v) is 18.8. The Hall–Kier alpha value is -4.21. The summed E-state index contributed by atoms with van der Waals surface area (Å²) in [5, 5.41) is 18.7. The van der Waals surface area contributed by atoms with Crippen LogP contribution in [0.1, 0.15) is 46.8 Å². The van der Waals surface area contributed by atoms with Crippen LogP contribution in [0.5, 0.6) is 0 Å². The number of carboxylic acids is 1. The minimum absolute atomic E-state index is 0.0297. The molecule has 180 valence electrons. The van der Waals surface area contributed by atoms with E-state index in [0.29, 0.717) is 12.5 Å². The first-order valence-electron chi connectivity index (χ1n) is 11.5. The van der Waals surface area contributed by atoms with Crippen molar-refractivity contribution in [2.24, 2.45) is 5.92 Å². The Morgan fingerprint density at radius 3 is 2.31 bits per heavy atom. The van der Waals surface area contributed by atoms with Gasteiger partial charge in [-0.1, -0.05) is 48.5 Å². The second kappa shape index (κ2) is 9.57. The summed E-state index contributed by atoms with van der Waals surface area (Å²) in [6.07, 6.45) is 0.979. The third kappa shape index (κ3) is 4.86. The maximum absolute atomic E-state index is 13.0. The van der Waals surface area contributed by atoms with E-state index < -0.39 is 18.0 Å². The average Bonchev–Trinajstić information content (AvgIpc) is 3.47. The lowest BCUT2D eigenvalue weighted by atomic mass is 9.98. The molecule has 0 unspecified atom stereocenters. The highest BCUT2D eigenvalue weighted by Crippen LogP contribution is 2.44. The Morgan fingerprint density at radius 1 is 1.03 bits per heavy atom. The Labute approximate surface area is 200 Å². The molecule has 1 aromatic heterocycles. The molecule has 1 fully saturated rings. The lowest BCUT2D eigenvalue weighted by molar-refractivity contribution is -0.137. The highest BCUT2D eigenvalue weighted by Gasteiger charge is 2.32.